The summed E-state index contributed by atoms with van der Waals surface area (Å²) < 4.78 is 0. The van der Waals surface area contributed by atoms with E-state index in [2.05, 4.69) is 31.9 Å². The maximum Gasteiger partial charge on any atom is 0.326 e. The second-order valence-electron chi connectivity index (χ2n) is 16.0. The minimum Gasteiger partial charge on any atom is -0.480 e. The number of aliphatic hydroxyl groups is 1. The fourth-order valence-corrected chi connectivity index (χ4v) is 6.78. The van der Waals surface area contributed by atoms with Gasteiger partial charge in [-0.05, 0) is 55.4 Å². The molecule has 0 saturated carbocycles. The third-order valence-corrected chi connectivity index (χ3v) is 10.8. The molecule has 1 aromatic rings. The summed E-state index contributed by atoms with van der Waals surface area (Å²) in [6, 6.07) is 0.565. The van der Waals surface area contributed by atoms with Gasteiger partial charge in [0.05, 0.1) is 12.6 Å². The first-order valence-corrected chi connectivity index (χ1v) is 20.9. The lowest BCUT2D eigenvalue weighted by Gasteiger charge is -2.30. The van der Waals surface area contributed by atoms with Gasteiger partial charge in [0.15, 0.2) is 5.96 Å². The van der Waals surface area contributed by atoms with Crippen LogP contribution in [0.2, 0.25) is 0 Å². The van der Waals surface area contributed by atoms with Crippen molar-refractivity contribution in [1.82, 2.24) is 36.8 Å². The van der Waals surface area contributed by atoms with Gasteiger partial charge in [0.1, 0.15) is 36.3 Å². The van der Waals surface area contributed by atoms with E-state index in [9.17, 15) is 43.8 Å². The topological polar surface area (TPSA) is 311 Å². The Bertz CT molecular complexity index is 1610. The molecule has 1 aromatic carbocycles. The number of benzene rings is 1. The average Bonchev–Trinajstić information content (AvgIpc) is 3.72. The number of aliphatic hydroxyl groups excluding tert-OH is 1. The molecule has 60 heavy (non-hydrogen) atoms. The number of nitrogens with zero attached hydrogens (tertiary/aromatic N) is 1. The fourth-order valence-electron chi connectivity index (χ4n) is 6.78. The molecule has 1 aliphatic heterocycles. The van der Waals surface area contributed by atoms with Crippen LogP contribution in [0.4, 0.5) is 0 Å². The maximum atomic E-state index is 14.2. The highest BCUT2D eigenvalue weighted by atomic mass is 16.4. The highest BCUT2D eigenvalue weighted by Crippen LogP contribution is 2.19. The third-order valence-electron chi connectivity index (χ3n) is 10.8. The summed E-state index contributed by atoms with van der Waals surface area (Å²) in [5, 5.41) is 43.3. The van der Waals surface area contributed by atoms with Crippen LogP contribution in [-0.2, 0) is 40.0 Å². The SMILES string of the molecule is CC[C@H](C)[C@H](N)C(=O)N[C@@H](CC(C)C)C(=O)N[C@H](C(=O)N[C@@H](Cc1ccccc1)C(=O)N[C@@H](CCCNC(=N)N)C(=O)N[C@@H](CO)C(=O)N1CCC[C@H]1C(=O)O)[C@@H](C)CC. The van der Waals surface area contributed by atoms with Gasteiger partial charge >= 0.3 is 5.97 Å². The molecule has 0 bridgehead atoms. The Morgan fingerprint density at radius 3 is 1.93 bits per heavy atom. The molecule has 0 aromatic heterocycles. The van der Waals surface area contributed by atoms with Gasteiger partial charge in [0.25, 0.3) is 0 Å². The third kappa shape index (κ3) is 16.0. The molecule has 0 radical (unpaired) electrons. The van der Waals surface area contributed by atoms with E-state index in [-0.39, 0.29) is 63.0 Å². The standard InChI is InChI=1S/C41H68N10O9/c1-7-24(5)32(42)37(56)47-28(20-23(3)4)36(55)50-33(25(6)8-2)38(57)48-29(21-26-14-10-9-11-15-26)35(54)46-27(16-12-18-45-41(43)44)34(53)49-30(22-52)39(58)51-19-13-17-31(51)40(59)60/h9-11,14-15,23-25,27-33,52H,7-8,12-13,16-22,42H2,1-6H3,(H,46,54)(H,47,56)(H,48,57)(H,49,53)(H,50,55)(H,59,60)(H4,43,44,45)/t24-,25-,27-,28-,29-,30-,31-,32-,33-/m0/s1. The normalized spacial score (nSPS) is 17.8. The zero-order valence-electron chi connectivity index (χ0n) is 35.8. The molecular formula is C41H68N10O9. The molecule has 0 unspecified atom stereocenters. The lowest BCUT2D eigenvalue weighted by Crippen LogP contribution is -2.61. The Morgan fingerprint density at radius 1 is 0.800 bits per heavy atom. The van der Waals surface area contributed by atoms with Crippen LogP contribution in [0.5, 0.6) is 0 Å². The van der Waals surface area contributed by atoms with Crippen molar-refractivity contribution in [3.63, 3.8) is 0 Å². The quantitative estimate of drug-likeness (QED) is 0.0336. The van der Waals surface area contributed by atoms with Crippen LogP contribution in [-0.4, -0.2) is 124 Å². The van der Waals surface area contributed by atoms with Crippen LogP contribution in [0.25, 0.3) is 0 Å². The van der Waals surface area contributed by atoms with E-state index in [1.54, 1.807) is 37.3 Å². The molecule has 2 rings (SSSR count). The molecule has 0 aliphatic carbocycles. The molecule has 1 heterocycles. The van der Waals surface area contributed by atoms with Crippen LogP contribution in [0.3, 0.4) is 0 Å². The predicted molar refractivity (Wildman–Crippen MR) is 225 cm³/mol. The largest absolute Gasteiger partial charge is 0.480 e. The Hall–Kier alpha value is -5.30. The van der Waals surface area contributed by atoms with Crippen LogP contribution < -0.4 is 43.4 Å². The van der Waals surface area contributed by atoms with Crippen LogP contribution >= 0.6 is 0 Å². The summed E-state index contributed by atoms with van der Waals surface area (Å²) in [6.07, 6.45) is 2.17. The molecule has 19 heteroatoms. The first-order valence-electron chi connectivity index (χ1n) is 20.9. The number of hydrogen-bond acceptors (Lipinski definition) is 10. The summed E-state index contributed by atoms with van der Waals surface area (Å²) in [4.78, 5) is 95.3. The Labute approximate surface area is 352 Å². The highest BCUT2D eigenvalue weighted by molar-refractivity contribution is 5.97. The number of carbonyl (C=O) groups excluding carboxylic acids is 6. The van der Waals surface area contributed by atoms with E-state index in [1.165, 1.54) is 0 Å². The summed E-state index contributed by atoms with van der Waals surface area (Å²) in [6.45, 7) is 10.6. The lowest BCUT2D eigenvalue weighted by atomic mass is 9.95. The van der Waals surface area contributed by atoms with Crippen molar-refractivity contribution in [2.75, 3.05) is 19.7 Å². The van der Waals surface area contributed by atoms with Gasteiger partial charge < -0.3 is 58.5 Å². The van der Waals surface area contributed by atoms with Gasteiger partial charge in [0, 0.05) is 19.5 Å². The van der Waals surface area contributed by atoms with Crippen molar-refractivity contribution in [2.24, 2.45) is 29.2 Å². The molecule has 336 valence electrons. The zero-order valence-corrected chi connectivity index (χ0v) is 35.8. The van der Waals surface area contributed by atoms with Gasteiger partial charge in [-0.3, -0.25) is 34.2 Å². The number of amides is 6. The fraction of sp³-hybridized carbons (Fsp3) is 0.659. The van der Waals surface area contributed by atoms with Gasteiger partial charge in [-0.1, -0.05) is 84.7 Å². The van der Waals surface area contributed by atoms with Gasteiger partial charge in [-0.2, -0.15) is 0 Å². The molecule has 0 spiro atoms. The van der Waals surface area contributed by atoms with Gasteiger partial charge in [-0.15, -0.1) is 0 Å². The number of rotatable bonds is 25. The van der Waals surface area contributed by atoms with Crippen molar-refractivity contribution in [2.45, 2.75) is 135 Å². The van der Waals surface area contributed by atoms with Crippen LogP contribution in [0.15, 0.2) is 30.3 Å². The molecule has 1 fully saturated rings. The van der Waals surface area contributed by atoms with E-state index in [0.29, 0.717) is 24.8 Å². The van der Waals surface area contributed by atoms with E-state index in [4.69, 9.17) is 16.9 Å². The van der Waals surface area contributed by atoms with Crippen molar-refractivity contribution < 1.29 is 43.8 Å². The monoisotopic (exact) mass is 845 g/mol. The summed E-state index contributed by atoms with van der Waals surface area (Å²) in [5.41, 5.74) is 12.2. The summed E-state index contributed by atoms with van der Waals surface area (Å²) in [5.74, 6) is -6.28. The number of nitrogens with two attached hydrogens (primary N) is 2. The van der Waals surface area contributed by atoms with Crippen molar-refractivity contribution in [1.29, 1.82) is 5.41 Å². The maximum absolute atomic E-state index is 14.2. The first kappa shape index (κ1) is 50.8. The number of aliphatic carboxylic acids is 1. The van der Waals surface area contributed by atoms with Crippen molar-refractivity contribution in [3.8, 4) is 0 Å². The lowest BCUT2D eigenvalue weighted by molar-refractivity contribution is -0.150. The Balaban J connectivity index is 2.42. The van der Waals surface area contributed by atoms with Crippen molar-refractivity contribution >= 4 is 47.4 Å². The second kappa shape index (κ2) is 25.4. The number of carboxylic acid groups (broad SMARTS) is 1. The van der Waals surface area contributed by atoms with Gasteiger partial charge in [0.2, 0.25) is 35.4 Å². The summed E-state index contributed by atoms with van der Waals surface area (Å²) in [7, 11) is 0. The summed E-state index contributed by atoms with van der Waals surface area (Å²) >= 11 is 0. The smallest absolute Gasteiger partial charge is 0.326 e. The number of guanidine groups is 1. The predicted octanol–water partition coefficient (Wildman–Crippen LogP) is -0.550. The number of likely N-dealkylation sites (tertiary alicyclic amines) is 1. The second-order valence-corrected chi connectivity index (χ2v) is 16.0. The average molecular weight is 845 g/mol. The van der Waals surface area contributed by atoms with Gasteiger partial charge in [-0.25, -0.2) is 4.79 Å². The number of carboxylic acids is 1. The molecule has 1 saturated heterocycles. The molecule has 1 aliphatic rings. The minimum atomic E-state index is -1.51. The van der Waals surface area contributed by atoms with E-state index < -0.39 is 96.2 Å². The Morgan fingerprint density at radius 2 is 1.37 bits per heavy atom. The molecule has 19 nitrogen and oxygen atoms in total. The molecule has 6 amide bonds. The minimum absolute atomic E-state index is 0.00765. The number of nitrogens with one attached hydrogen (secondary N) is 7. The zero-order chi connectivity index (χ0) is 45.1. The Kier molecular flexibility index (Phi) is 21.5. The van der Waals surface area contributed by atoms with Crippen molar-refractivity contribution in [3.05, 3.63) is 35.9 Å². The number of hydrogen-bond donors (Lipinski definition) is 11. The molecular weight excluding hydrogens is 777 g/mol. The van der Waals surface area contributed by atoms with Crippen LogP contribution in [0, 0.1) is 23.2 Å². The van der Waals surface area contributed by atoms with E-state index >= 15 is 0 Å². The molecule has 13 N–H and O–H groups in total. The highest BCUT2D eigenvalue weighted by Gasteiger charge is 2.39. The molecule has 9 atom stereocenters. The number of carbonyl (C=O) groups is 7. The first-order chi connectivity index (χ1) is 28.3. The van der Waals surface area contributed by atoms with E-state index in [1.807, 2.05) is 34.6 Å². The van der Waals surface area contributed by atoms with Crippen LogP contribution in [0.1, 0.15) is 92.1 Å². The van der Waals surface area contributed by atoms with E-state index in [0.717, 1.165) is 4.90 Å².